The number of carbonyl (C=O) groups excluding carboxylic acids is 1. The molecule has 1 aliphatic heterocycles. The van der Waals surface area contributed by atoms with Gasteiger partial charge in [-0.05, 0) is 32.4 Å². The highest BCUT2D eigenvalue weighted by molar-refractivity contribution is 5.74. The van der Waals surface area contributed by atoms with E-state index in [-0.39, 0.29) is 17.7 Å². The maximum Gasteiger partial charge on any atom is 0.315 e. The first-order chi connectivity index (χ1) is 9.95. The van der Waals surface area contributed by atoms with E-state index < -0.39 is 0 Å². The molecule has 0 radical (unpaired) electrons. The Bertz CT molecular complexity index is 514. The Morgan fingerprint density at radius 1 is 1.48 bits per heavy atom. The lowest BCUT2D eigenvalue weighted by Crippen LogP contribution is -2.44. The van der Waals surface area contributed by atoms with Gasteiger partial charge >= 0.3 is 6.03 Å². The quantitative estimate of drug-likeness (QED) is 0.897. The molecule has 116 valence electrons. The number of hydrogen-bond donors (Lipinski definition) is 2. The van der Waals surface area contributed by atoms with Crippen molar-refractivity contribution in [2.45, 2.75) is 45.3 Å². The van der Waals surface area contributed by atoms with Gasteiger partial charge in [-0.1, -0.05) is 6.92 Å². The molecule has 1 aliphatic rings. The van der Waals surface area contributed by atoms with Crippen molar-refractivity contribution in [3.8, 4) is 11.5 Å². The fourth-order valence-corrected chi connectivity index (χ4v) is 2.54. The Balaban J connectivity index is 2.20. The molecule has 5 heteroatoms. The van der Waals surface area contributed by atoms with E-state index >= 15 is 0 Å². The summed E-state index contributed by atoms with van der Waals surface area (Å²) in [5.41, 5.74) is 0.656. The first-order valence-electron chi connectivity index (χ1n) is 7.36. The third-order valence-electron chi connectivity index (χ3n) is 3.52. The number of carbonyl (C=O) groups is 1. The topological polar surface area (TPSA) is 59.6 Å². The van der Waals surface area contributed by atoms with Crippen molar-refractivity contribution in [3.05, 3.63) is 23.8 Å². The lowest BCUT2D eigenvalue weighted by Gasteiger charge is -2.38. The molecule has 0 aliphatic carbocycles. The summed E-state index contributed by atoms with van der Waals surface area (Å²) < 4.78 is 11.2. The zero-order valence-corrected chi connectivity index (χ0v) is 13.2. The molecule has 21 heavy (non-hydrogen) atoms. The van der Waals surface area contributed by atoms with E-state index in [4.69, 9.17) is 9.47 Å². The second-order valence-electron chi connectivity index (χ2n) is 5.92. The summed E-state index contributed by atoms with van der Waals surface area (Å²) in [5, 5.41) is 5.88. The van der Waals surface area contributed by atoms with Crippen LogP contribution in [0.25, 0.3) is 0 Å². The molecule has 0 saturated heterocycles. The van der Waals surface area contributed by atoms with E-state index in [0.29, 0.717) is 6.54 Å². The number of benzene rings is 1. The predicted octanol–water partition coefficient (Wildman–Crippen LogP) is 3.01. The Morgan fingerprint density at radius 2 is 2.24 bits per heavy atom. The summed E-state index contributed by atoms with van der Waals surface area (Å²) >= 11 is 0. The monoisotopic (exact) mass is 292 g/mol. The molecule has 0 fully saturated rings. The number of hydrogen-bond acceptors (Lipinski definition) is 3. The molecule has 5 nitrogen and oxygen atoms in total. The molecule has 2 N–H and O–H groups in total. The van der Waals surface area contributed by atoms with Gasteiger partial charge in [0, 0.05) is 24.6 Å². The molecule has 1 atom stereocenters. The van der Waals surface area contributed by atoms with E-state index in [9.17, 15) is 4.79 Å². The minimum Gasteiger partial charge on any atom is -0.497 e. The van der Waals surface area contributed by atoms with Crippen molar-refractivity contribution in [1.29, 1.82) is 0 Å². The highest BCUT2D eigenvalue weighted by Crippen LogP contribution is 2.41. The van der Waals surface area contributed by atoms with Crippen LogP contribution in [-0.2, 0) is 0 Å². The lowest BCUT2D eigenvalue weighted by molar-refractivity contribution is 0.0676. The number of methoxy groups -OCH3 is 1. The Morgan fingerprint density at radius 3 is 2.90 bits per heavy atom. The fraction of sp³-hybridized carbons (Fsp3) is 0.562. The molecule has 1 heterocycles. The molecule has 1 aromatic rings. The van der Waals surface area contributed by atoms with E-state index in [1.54, 1.807) is 7.11 Å². The highest BCUT2D eigenvalue weighted by Gasteiger charge is 2.34. The largest absolute Gasteiger partial charge is 0.497 e. The fourth-order valence-electron chi connectivity index (χ4n) is 2.54. The first-order valence-corrected chi connectivity index (χ1v) is 7.36. The minimum absolute atomic E-state index is 0.0634. The number of rotatable bonds is 4. The lowest BCUT2D eigenvalue weighted by atomic mass is 9.89. The van der Waals surface area contributed by atoms with Gasteiger partial charge < -0.3 is 20.1 Å². The Kier molecular flexibility index (Phi) is 4.60. The third kappa shape index (κ3) is 3.80. The second kappa shape index (κ2) is 6.24. The van der Waals surface area contributed by atoms with Gasteiger partial charge in [0.2, 0.25) is 0 Å². The molecule has 1 aromatic carbocycles. The molecular formula is C16H24N2O3. The van der Waals surface area contributed by atoms with Gasteiger partial charge in [-0.3, -0.25) is 0 Å². The van der Waals surface area contributed by atoms with Crippen LogP contribution in [0.2, 0.25) is 0 Å². The van der Waals surface area contributed by atoms with E-state index in [1.165, 1.54) is 0 Å². The van der Waals surface area contributed by atoms with Crippen molar-refractivity contribution >= 4 is 6.03 Å². The van der Waals surface area contributed by atoms with Crippen LogP contribution in [0.1, 0.15) is 45.2 Å². The minimum atomic E-state index is -0.331. The van der Waals surface area contributed by atoms with Crippen molar-refractivity contribution < 1.29 is 14.3 Å². The van der Waals surface area contributed by atoms with Gasteiger partial charge in [-0.15, -0.1) is 0 Å². The molecule has 0 saturated carbocycles. The smallest absolute Gasteiger partial charge is 0.315 e. The second-order valence-corrected chi connectivity index (χ2v) is 5.92. The van der Waals surface area contributed by atoms with Crippen LogP contribution in [0.4, 0.5) is 4.79 Å². The van der Waals surface area contributed by atoms with Crippen molar-refractivity contribution in [3.63, 3.8) is 0 Å². The zero-order valence-electron chi connectivity index (χ0n) is 13.2. The first kappa shape index (κ1) is 15.5. The number of urea groups is 1. The summed E-state index contributed by atoms with van der Waals surface area (Å²) in [4.78, 5) is 11.9. The predicted molar refractivity (Wildman–Crippen MR) is 81.9 cm³/mol. The molecule has 0 unspecified atom stereocenters. The third-order valence-corrected chi connectivity index (χ3v) is 3.52. The summed E-state index contributed by atoms with van der Waals surface area (Å²) in [5.74, 6) is 1.52. The maximum absolute atomic E-state index is 11.9. The van der Waals surface area contributed by atoms with Crippen molar-refractivity contribution in [1.82, 2.24) is 10.6 Å². The summed E-state index contributed by atoms with van der Waals surface area (Å²) in [6.07, 6.45) is 1.65. The number of ether oxygens (including phenoxy) is 2. The molecule has 0 spiro atoms. The molecule has 0 aromatic heterocycles. The van der Waals surface area contributed by atoms with Gasteiger partial charge in [-0.25, -0.2) is 4.79 Å². The Labute approximate surface area is 126 Å². The molecular weight excluding hydrogens is 268 g/mol. The van der Waals surface area contributed by atoms with Crippen LogP contribution >= 0.6 is 0 Å². The highest BCUT2D eigenvalue weighted by atomic mass is 16.5. The number of nitrogens with one attached hydrogen (secondary N) is 2. The van der Waals surface area contributed by atoms with Crippen LogP contribution in [-0.4, -0.2) is 25.3 Å². The van der Waals surface area contributed by atoms with Crippen LogP contribution in [0, 0.1) is 0 Å². The van der Waals surface area contributed by atoms with Crippen LogP contribution in [0.15, 0.2) is 18.2 Å². The number of fused-ring (bicyclic) bond motifs is 1. The molecule has 2 rings (SSSR count). The van der Waals surface area contributed by atoms with E-state index in [2.05, 4.69) is 10.6 Å². The van der Waals surface area contributed by atoms with Crippen LogP contribution < -0.4 is 20.1 Å². The van der Waals surface area contributed by atoms with Crippen molar-refractivity contribution in [2.24, 2.45) is 0 Å². The van der Waals surface area contributed by atoms with Crippen LogP contribution in [0.3, 0.4) is 0 Å². The SMILES string of the molecule is CCCNC(=O)N[C@@H]1CC(C)(C)Oc2cc(OC)ccc21. The normalized spacial score (nSPS) is 19.1. The van der Waals surface area contributed by atoms with Crippen molar-refractivity contribution in [2.75, 3.05) is 13.7 Å². The maximum atomic E-state index is 11.9. The Hall–Kier alpha value is -1.91. The van der Waals surface area contributed by atoms with Gasteiger partial charge in [0.05, 0.1) is 13.2 Å². The average molecular weight is 292 g/mol. The summed E-state index contributed by atoms with van der Waals surface area (Å²) in [6, 6.07) is 5.51. The number of amides is 2. The summed E-state index contributed by atoms with van der Waals surface area (Å²) in [7, 11) is 1.63. The average Bonchev–Trinajstić information content (AvgIpc) is 2.43. The van der Waals surface area contributed by atoms with E-state index in [0.717, 1.165) is 29.9 Å². The van der Waals surface area contributed by atoms with Gasteiger partial charge in [-0.2, -0.15) is 0 Å². The van der Waals surface area contributed by atoms with Gasteiger partial charge in [0.25, 0.3) is 0 Å². The zero-order chi connectivity index (χ0) is 15.5. The van der Waals surface area contributed by atoms with E-state index in [1.807, 2.05) is 39.0 Å². The van der Waals surface area contributed by atoms with Gasteiger partial charge in [0.15, 0.2) is 0 Å². The molecule has 2 amide bonds. The van der Waals surface area contributed by atoms with Gasteiger partial charge in [0.1, 0.15) is 17.1 Å². The van der Waals surface area contributed by atoms with Crippen LogP contribution in [0.5, 0.6) is 11.5 Å². The standard InChI is InChI=1S/C16H24N2O3/c1-5-8-17-15(19)18-13-10-16(2,3)21-14-9-11(20-4)6-7-12(13)14/h6-7,9,13H,5,8,10H2,1-4H3,(H2,17,18,19)/t13-/m1/s1. The molecule has 0 bridgehead atoms. The summed E-state index contributed by atoms with van der Waals surface area (Å²) in [6.45, 7) is 6.75.